The molecule has 104 valence electrons. The first kappa shape index (κ1) is 14.1. The summed E-state index contributed by atoms with van der Waals surface area (Å²) in [7, 11) is -3.71. The first-order valence-electron chi connectivity index (χ1n) is 5.81. The van der Waals surface area contributed by atoms with Gasteiger partial charge < -0.3 is 5.11 Å². The lowest BCUT2D eigenvalue weighted by atomic mass is 10.1. The molecule has 0 fully saturated rings. The summed E-state index contributed by atoms with van der Waals surface area (Å²) in [4.78, 5) is 11.2. The number of sulfonamides is 1. The second-order valence-corrected chi connectivity index (χ2v) is 5.92. The Morgan fingerprint density at radius 2 is 1.55 bits per heavy atom. The van der Waals surface area contributed by atoms with Gasteiger partial charge in [-0.05, 0) is 55.5 Å². The molecule has 0 aliphatic rings. The van der Waals surface area contributed by atoms with Crippen LogP contribution in [0, 0.1) is 0 Å². The van der Waals surface area contributed by atoms with Crippen LogP contribution in [0.2, 0.25) is 0 Å². The van der Waals surface area contributed by atoms with Crippen LogP contribution in [0.15, 0.2) is 53.4 Å². The van der Waals surface area contributed by atoms with Crippen LogP contribution in [0.1, 0.15) is 17.3 Å². The monoisotopic (exact) mass is 291 g/mol. The largest absolute Gasteiger partial charge is 0.508 e. The van der Waals surface area contributed by atoms with Crippen molar-refractivity contribution in [3.8, 4) is 5.75 Å². The van der Waals surface area contributed by atoms with E-state index in [1.165, 1.54) is 43.3 Å². The number of rotatable bonds is 4. The summed E-state index contributed by atoms with van der Waals surface area (Å²) < 4.78 is 26.5. The van der Waals surface area contributed by atoms with E-state index in [1.54, 1.807) is 12.1 Å². The van der Waals surface area contributed by atoms with Crippen LogP contribution in [0.5, 0.6) is 5.75 Å². The Morgan fingerprint density at radius 3 is 2.05 bits per heavy atom. The molecule has 2 aromatic rings. The van der Waals surface area contributed by atoms with Crippen molar-refractivity contribution >= 4 is 21.5 Å². The van der Waals surface area contributed by atoms with E-state index in [4.69, 9.17) is 5.11 Å². The Morgan fingerprint density at radius 1 is 1.00 bits per heavy atom. The molecule has 0 unspecified atom stereocenters. The van der Waals surface area contributed by atoms with Gasteiger partial charge in [0, 0.05) is 11.3 Å². The number of phenolic OH excluding ortho intramolecular Hbond substituents is 1. The van der Waals surface area contributed by atoms with Gasteiger partial charge in [0.15, 0.2) is 5.78 Å². The number of anilines is 1. The first-order valence-corrected chi connectivity index (χ1v) is 7.30. The predicted molar refractivity (Wildman–Crippen MR) is 75.4 cm³/mol. The van der Waals surface area contributed by atoms with E-state index < -0.39 is 10.0 Å². The third-order valence-electron chi connectivity index (χ3n) is 2.69. The van der Waals surface area contributed by atoms with Crippen molar-refractivity contribution in [2.75, 3.05) is 4.72 Å². The summed E-state index contributed by atoms with van der Waals surface area (Å²) in [6.45, 7) is 1.44. The molecule has 6 heteroatoms. The van der Waals surface area contributed by atoms with Crippen molar-refractivity contribution in [1.29, 1.82) is 0 Å². The van der Waals surface area contributed by atoms with Crippen LogP contribution in [0.25, 0.3) is 0 Å². The molecule has 5 nitrogen and oxygen atoms in total. The van der Waals surface area contributed by atoms with Crippen molar-refractivity contribution in [2.24, 2.45) is 0 Å². The number of carbonyl (C=O) groups is 1. The summed E-state index contributed by atoms with van der Waals surface area (Å²) in [5.74, 6) is -0.0901. The molecular formula is C14H13NO4S. The molecular weight excluding hydrogens is 278 g/mol. The van der Waals surface area contributed by atoms with E-state index in [9.17, 15) is 13.2 Å². The molecule has 0 aliphatic heterocycles. The minimum atomic E-state index is -3.71. The molecule has 0 aliphatic carbocycles. The second kappa shape index (κ2) is 5.34. The summed E-state index contributed by atoms with van der Waals surface area (Å²) >= 11 is 0. The highest BCUT2D eigenvalue weighted by molar-refractivity contribution is 7.92. The zero-order valence-corrected chi connectivity index (χ0v) is 11.5. The number of phenols is 1. The third kappa shape index (κ3) is 3.16. The second-order valence-electron chi connectivity index (χ2n) is 4.23. The van der Waals surface area contributed by atoms with Crippen molar-refractivity contribution in [2.45, 2.75) is 11.8 Å². The van der Waals surface area contributed by atoms with Gasteiger partial charge in [0.2, 0.25) is 0 Å². The van der Waals surface area contributed by atoms with Gasteiger partial charge in [0.1, 0.15) is 5.75 Å². The number of hydrogen-bond donors (Lipinski definition) is 2. The Kier molecular flexibility index (Phi) is 3.76. The Labute approximate surface area is 116 Å². The van der Waals surface area contributed by atoms with Gasteiger partial charge >= 0.3 is 0 Å². The highest BCUT2D eigenvalue weighted by atomic mass is 32.2. The first-order chi connectivity index (χ1) is 9.38. The van der Waals surface area contributed by atoms with Crippen LogP contribution in [-0.4, -0.2) is 19.3 Å². The van der Waals surface area contributed by atoms with E-state index in [2.05, 4.69) is 4.72 Å². The fraction of sp³-hybridized carbons (Fsp3) is 0.0714. The lowest BCUT2D eigenvalue weighted by molar-refractivity contribution is 0.101. The van der Waals surface area contributed by atoms with Crippen LogP contribution < -0.4 is 4.72 Å². The molecule has 20 heavy (non-hydrogen) atoms. The summed E-state index contributed by atoms with van der Waals surface area (Å²) in [6, 6.07) is 11.4. The van der Waals surface area contributed by atoms with E-state index in [0.717, 1.165) is 0 Å². The van der Waals surface area contributed by atoms with Gasteiger partial charge in [-0.2, -0.15) is 0 Å². The van der Waals surface area contributed by atoms with Crippen LogP contribution in [0.4, 0.5) is 5.69 Å². The van der Waals surface area contributed by atoms with Gasteiger partial charge in [0.25, 0.3) is 10.0 Å². The molecule has 0 spiro atoms. The van der Waals surface area contributed by atoms with E-state index >= 15 is 0 Å². The van der Waals surface area contributed by atoms with Gasteiger partial charge in [-0.25, -0.2) is 8.42 Å². The summed E-state index contributed by atoms with van der Waals surface area (Å²) in [6.07, 6.45) is 0. The molecule has 2 rings (SSSR count). The lowest BCUT2D eigenvalue weighted by Crippen LogP contribution is -2.12. The van der Waals surface area contributed by atoms with Crippen LogP contribution in [0.3, 0.4) is 0 Å². The van der Waals surface area contributed by atoms with Gasteiger partial charge in [0.05, 0.1) is 4.90 Å². The summed E-state index contributed by atoms with van der Waals surface area (Å²) in [5, 5.41) is 9.15. The molecule has 0 amide bonds. The average molecular weight is 291 g/mol. The number of aromatic hydroxyl groups is 1. The van der Waals surface area contributed by atoms with Crippen molar-refractivity contribution in [1.82, 2.24) is 0 Å². The van der Waals surface area contributed by atoms with E-state index in [1.807, 2.05) is 0 Å². The topological polar surface area (TPSA) is 83.5 Å². The lowest BCUT2D eigenvalue weighted by Gasteiger charge is -2.08. The Balaban J connectivity index is 2.24. The zero-order chi connectivity index (χ0) is 14.8. The number of ketones is 1. The van der Waals surface area contributed by atoms with Crippen LogP contribution >= 0.6 is 0 Å². The SMILES string of the molecule is CC(=O)c1ccc(NS(=O)(=O)c2ccc(O)cc2)cc1. The molecule has 0 saturated carbocycles. The maximum Gasteiger partial charge on any atom is 0.261 e. The number of carbonyl (C=O) groups excluding carboxylic acids is 1. The number of benzene rings is 2. The predicted octanol–water partition coefficient (Wildman–Crippen LogP) is 2.40. The summed E-state index contributed by atoms with van der Waals surface area (Å²) in [5.41, 5.74) is 0.876. The van der Waals surface area contributed by atoms with E-state index in [0.29, 0.717) is 11.3 Å². The molecule has 0 atom stereocenters. The number of Topliss-reactive ketones (excluding diaryl/α,β-unsaturated/α-hetero) is 1. The molecule has 2 N–H and O–H groups in total. The molecule has 0 radical (unpaired) electrons. The molecule has 2 aromatic carbocycles. The van der Waals surface area contributed by atoms with Crippen molar-refractivity contribution in [3.63, 3.8) is 0 Å². The zero-order valence-electron chi connectivity index (χ0n) is 10.7. The standard InChI is InChI=1S/C14H13NO4S/c1-10(16)11-2-4-12(5-3-11)15-20(18,19)14-8-6-13(17)7-9-14/h2-9,15,17H,1H3. The molecule has 0 saturated heterocycles. The maximum atomic E-state index is 12.1. The van der Waals surface area contributed by atoms with Crippen LogP contribution in [-0.2, 0) is 10.0 Å². The minimum absolute atomic E-state index is 0.00485. The van der Waals surface area contributed by atoms with Gasteiger partial charge in [-0.3, -0.25) is 9.52 Å². The van der Waals surface area contributed by atoms with Gasteiger partial charge in [-0.15, -0.1) is 0 Å². The Bertz CT molecular complexity index is 719. The maximum absolute atomic E-state index is 12.1. The number of nitrogens with one attached hydrogen (secondary N) is 1. The van der Waals surface area contributed by atoms with Gasteiger partial charge in [-0.1, -0.05) is 0 Å². The fourth-order valence-electron chi connectivity index (χ4n) is 1.61. The smallest absolute Gasteiger partial charge is 0.261 e. The highest BCUT2D eigenvalue weighted by Gasteiger charge is 2.14. The Hall–Kier alpha value is -2.34. The van der Waals surface area contributed by atoms with Crippen molar-refractivity contribution < 1.29 is 18.3 Å². The molecule has 0 bridgehead atoms. The normalized spacial score (nSPS) is 11.1. The van der Waals surface area contributed by atoms with E-state index in [-0.39, 0.29) is 16.4 Å². The number of hydrogen-bond acceptors (Lipinski definition) is 4. The minimum Gasteiger partial charge on any atom is -0.508 e. The molecule has 0 aromatic heterocycles. The third-order valence-corrected chi connectivity index (χ3v) is 4.09. The average Bonchev–Trinajstić information content (AvgIpc) is 2.39. The highest BCUT2D eigenvalue weighted by Crippen LogP contribution is 2.19. The van der Waals surface area contributed by atoms with Crippen molar-refractivity contribution in [3.05, 3.63) is 54.1 Å². The fourth-order valence-corrected chi connectivity index (χ4v) is 2.67. The molecule has 0 heterocycles. The quantitative estimate of drug-likeness (QED) is 0.847.